The van der Waals surface area contributed by atoms with Gasteiger partial charge in [-0.15, -0.1) is 0 Å². The molecule has 1 aromatic rings. The molecule has 0 amide bonds. The number of rotatable bonds is 6. The molecule has 0 heterocycles. The number of carboxylic acid groups (broad SMARTS) is 1. The normalized spacial score (nSPS) is 11.6. The summed E-state index contributed by atoms with van der Waals surface area (Å²) >= 11 is 0. The maximum absolute atomic E-state index is 13.4. The van der Waals surface area contributed by atoms with Gasteiger partial charge >= 0.3 is 5.97 Å². The van der Waals surface area contributed by atoms with E-state index in [2.05, 4.69) is 9.44 Å². The summed E-state index contributed by atoms with van der Waals surface area (Å²) in [7, 11) is -3.79. The van der Waals surface area contributed by atoms with Gasteiger partial charge in [0.2, 0.25) is 0 Å². The van der Waals surface area contributed by atoms with E-state index in [1.54, 1.807) is 0 Å². The van der Waals surface area contributed by atoms with Crippen molar-refractivity contribution < 1.29 is 22.7 Å². The minimum atomic E-state index is -3.79. The van der Waals surface area contributed by atoms with E-state index < -0.39 is 27.6 Å². The Morgan fingerprint density at radius 2 is 2.05 bits per heavy atom. The Morgan fingerprint density at radius 1 is 1.42 bits per heavy atom. The van der Waals surface area contributed by atoms with E-state index in [4.69, 9.17) is 5.11 Å². The van der Waals surface area contributed by atoms with Crippen LogP contribution in [0.5, 0.6) is 0 Å². The lowest BCUT2D eigenvalue weighted by atomic mass is 10.2. The standard InChI is InChI=1S/C11H15FN2O4S/c1-7(2)6-13-19(17,18)14-8-3-4-9(11(15)16)10(12)5-8/h3-5,7,13-14H,6H2,1-2H3,(H,15,16). The zero-order chi connectivity index (χ0) is 14.6. The van der Waals surface area contributed by atoms with E-state index in [9.17, 15) is 17.6 Å². The van der Waals surface area contributed by atoms with Crippen LogP contribution in [0, 0.1) is 11.7 Å². The first-order valence-electron chi connectivity index (χ1n) is 5.51. The van der Waals surface area contributed by atoms with Gasteiger partial charge in [-0.3, -0.25) is 4.72 Å². The summed E-state index contributed by atoms with van der Waals surface area (Å²) in [6.07, 6.45) is 0. The maximum atomic E-state index is 13.4. The molecule has 1 aromatic carbocycles. The first-order valence-corrected chi connectivity index (χ1v) is 7.00. The molecule has 6 nitrogen and oxygen atoms in total. The van der Waals surface area contributed by atoms with Gasteiger partial charge < -0.3 is 5.11 Å². The van der Waals surface area contributed by atoms with Gasteiger partial charge in [0.25, 0.3) is 10.2 Å². The minimum absolute atomic E-state index is 0.0428. The third kappa shape index (κ3) is 4.84. The average Bonchev–Trinajstić information content (AvgIpc) is 2.25. The average molecular weight is 290 g/mol. The number of aromatic carboxylic acids is 1. The zero-order valence-electron chi connectivity index (χ0n) is 10.5. The summed E-state index contributed by atoms with van der Waals surface area (Å²) < 4.78 is 40.9. The van der Waals surface area contributed by atoms with E-state index in [0.717, 1.165) is 12.1 Å². The van der Waals surface area contributed by atoms with Crippen LogP contribution in [-0.4, -0.2) is 26.0 Å². The van der Waals surface area contributed by atoms with Crippen molar-refractivity contribution in [1.29, 1.82) is 0 Å². The molecule has 0 fully saturated rings. The molecule has 106 valence electrons. The topological polar surface area (TPSA) is 95.5 Å². The summed E-state index contributed by atoms with van der Waals surface area (Å²) in [5, 5.41) is 8.64. The summed E-state index contributed by atoms with van der Waals surface area (Å²) in [4.78, 5) is 10.6. The van der Waals surface area contributed by atoms with Crippen LogP contribution in [0.1, 0.15) is 24.2 Å². The lowest BCUT2D eigenvalue weighted by molar-refractivity contribution is 0.0692. The van der Waals surface area contributed by atoms with Crippen LogP contribution in [0.25, 0.3) is 0 Å². The van der Waals surface area contributed by atoms with Crippen molar-refractivity contribution in [3.8, 4) is 0 Å². The van der Waals surface area contributed by atoms with Gasteiger partial charge in [0.05, 0.1) is 11.3 Å². The highest BCUT2D eigenvalue weighted by molar-refractivity contribution is 7.90. The van der Waals surface area contributed by atoms with Crippen molar-refractivity contribution >= 4 is 21.9 Å². The molecular weight excluding hydrogens is 275 g/mol. The molecule has 0 bridgehead atoms. The second kappa shape index (κ2) is 5.98. The number of anilines is 1. The number of halogens is 1. The smallest absolute Gasteiger partial charge is 0.338 e. The third-order valence-corrected chi connectivity index (χ3v) is 3.18. The van der Waals surface area contributed by atoms with Gasteiger partial charge in [0.1, 0.15) is 5.82 Å². The number of carbonyl (C=O) groups is 1. The number of carboxylic acids is 1. The van der Waals surface area contributed by atoms with Crippen LogP contribution in [0.3, 0.4) is 0 Å². The van der Waals surface area contributed by atoms with Crippen LogP contribution in [0.15, 0.2) is 18.2 Å². The van der Waals surface area contributed by atoms with Crippen LogP contribution in [0.4, 0.5) is 10.1 Å². The lowest BCUT2D eigenvalue weighted by Gasteiger charge is -2.11. The van der Waals surface area contributed by atoms with Crippen LogP contribution < -0.4 is 9.44 Å². The summed E-state index contributed by atoms with van der Waals surface area (Å²) in [6, 6.07) is 3.00. The molecule has 0 aliphatic carbocycles. The number of nitrogens with one attached hydrogen (secondary N) is 2. The molecule has 3 N–H and O–H groups in total. The fourth-order valence-corrected chi connectivity index (χ4v) is 2.28. The zero-order valence-corrected chi connectivity index (χ0v) is 11.3. The third-order valence-electron chi connectivity index (χ3n) is 2.13. The molecule has 19 heavy (non-hydrogen) atoms. The Kier molecular flexibility index (Phi) is 4.84. The van der Waals surface area contributed by atoms with Crippen molar-refractivity contribution in [3.05, 3.63) is 29.6 Å². The van der Waals surface area contributed by atoms with Crippen molar-refractivity contribution in [2.75, 3.05) is 11.3 Å². The van der Waals surface area contributed by atoms with Crippen molar-refractivity contribution in [2.24, 2.45) is 5.92 Å². The molecule has 0 aliphatic heterocycles. The highest BCUT2D eigenvalue weighted by Crippen LogP contribution is 2.15. The molecule has 8 heteroatoms. The Balaban J connectivity index is 2.83. The Labute approximate surface area is 110 Å². The van der Waals surface area contributed by atoms with Gasteiger partial charge in [-0.1, -0.05) is 13.8 Å². The Hall–Kier alpha value is -1.67. The van der Waals surface area contributed by atoms with E-state index in [-0.39, 0.29) is 18.2 Å². The highest BCUT2D eigenvalue weighted by Gasteiger charge is 2.14. The van der Waals surface area contributed by atoms with Crippen LogP contribution in [0.2, 0.25) is 0 Å². The second-order valence-electron chi connectivity index (χ2n) is 4.35. The van der Waals surface area contributed by atoms with Gasteiger partial charge in [0.15, 0.2) is 0 Å². The summed E-state index contributed by atoms with van der Waals surface area (Å²) in [5.74, 6) is -2.29. The van der Waals surface area contributed by atoms with Crippen molar-refractivity contribution in [1.82, 2.24) is 4.72 Å². The van der Waals surface area contributed by atoms with Crippen LogP contribution in [-0.2, 0) is 10.2 Å². The Morgan fingerprint density at radius 3 is 2.53 bits per heavy atom. The summed E-state index contributed by atoms with van der Waals surface area (Å²) in [5.41, 5.74) is -0.558. The van der Waals surface area contributed by atoms with Crippen molar-refractivity contribution in [2.45, 2.75) is 13.8 Å². The maximum Gasteiger partial charge on any atom is 0.338 e. The fourth-order valence-electron chi connectivity index (χ4n) is 1.22. The first-order chi connectivity index (χ1) is 8.71. The van der Waals surface area contributed by atoms with E-state index in [1.165, 1.54) is 6.07 Å². The van der Waals surface area contributed by atoms with Crippen molar-refractivity contribution in [3.63, 3.8) is 0 Å². The van der Waals surface area contributed by atoms with E-state index in [1.807, 2.05) is 13.8 Å². The lowest BCUT2D eigenvalue weighted by Crippen LogP contribution is -2.32. The molecule has 0 unspecified atom stereocenters. The minimum Gasteiger partial charge on any atom is -0.478 e. The summed E-state index contributed by atoms with van der Waals surface area (Å²) in [6.45, 7) is 3.92. The molecule has 0 atom stereocenters. The quantitative estimate of drug-likeness (QED) is 0.738. The predicted molar refractivity (Wildman–Crippen MR) is 68.7 cm³/mol. The molecule has 0 saturated carbocycles. The molecule has 0 spiro atoms. The second-order valence-corrected chi connectivity index (χ2v) is 5.85. The van der Waals surface area contributed by atoms with Gasteiger partial charge in [-0.2, -0.15) is 13.1 Å². The molecule has 0 radical (unpaired) electrons. The van der Waals surface area contributed by atoms with E-state index >= 15 is 0 Å². The monoisotopic (exact) mass is 290 g/mol. The van der Waals surface area contributed by atoms with E-state index in [0.29, 0.717) is 0 Å². The number of benzene rings is 1. The molecule has 0 saturated heterocycles. The first kappa shape index (κ1) is 15.4. The predicted octanol–water partition coefficient (Wildman–Crippen LogP) is 1.43. The fraction of sp³-hybridized carbons (Fsp3) is 0.364. The molecule has 0 aliphatic rings. The Bertz CT molecular complexity index is 572. The van der Waals surface area contributed by atoms with Gasteiger partial charge in [0, 0.05) is 6.54 Å². The van der Waals surface area contributed by atoms with Crippen LogP contribution >= 0.6 is 0 Å². The molecule has 1 rings (SSSR count). The van der Waals surface area contributed by atoms with Gasteiger partial charge in [-0.25, -0.2) is 9.18 Å². The number of hydrogen-bond donors (Lipinski definition) is 3. The number of hydrogen-bond acceptors (Lipinski definition) is 3. The largest absolute Gasteiger partial charge is 0.478 e. The SMILES string of the molecule is CC(C)CNS(=O)(=O)Nc1ccc(C(=O)O)c(F)c1. The molecular formula is C11H15FN2O4S. The van der Waals surface area contributed by atoms with Gasteiger partial charge in [-0.05, 0) is 24.1 Å². The highest BCUT2D eigenvalue weighted by atomic mass is 32.2. The molecule has 0 aromatic heterocycles.